The van der Waals surface area contributed by atoms with E-state index in [0.717, 1.165) is 17.5 Å². The van der Waals surface area contributed by atoms with Crippen molar-refractivity contribution in [2.24, 2.45) is 0 Å². The van der Waals surface area contributed by atoms with E-state index in [1.807, 2.05) is 13.8 Å². The first-order valence-electron chi connectivity index (χ1n) is 11.2. The molecule has 35 heavy (non-hydrogen) atoms. The fourth-order valence-corrected chi connectivity index (χ4v) is 3.25. The molecule has 9 heteroatoms. The van der Waals surface area contributed by atoms with Gasteiger partial charge in [-0.3, -0.25) is 9.59 Å². The first kappa shape index (κ1) is 27.1. The van der Waals surface area contributed by atoms with Crippen molar-refractivity contribution >= 4 is 17.8 Å². The third-order valence-corrected chi connectivity index (χ3v) is 5.14. The van der Waals surface area contributed by atoms with Gasteiger partial charge in [-0.15, -0.1) is 0 Å². The molecule has 3 rings (SSSR count). The van der Waals surface area contributed by atoms with Gasteiger partial charge in [-0.25, -0.2) is 19.2 Å². The van der Waals surface area contributed by atoms with Gasteiger partial charge in [-0.05, 0) is 55.2 Å². The van der Waals surface area contributed by atoms with E-state index in [4.69, 9.17) is 5.11 Å². The van der Waals surface area contributed by atoms with Crippen LogP contribution in [0.15, 0.2) is 48.8 Å². The van der Waals surface area contributed by atoms with E-state index in [2.05, 4.69) is 20.6 Å². The SMILES string of the molecule is CC.Cc1cc(CNC(=O)c2cc(C(=O)NC(C)c3ccc(C(=O)O)c(C)c3)ncn2)ccc1F. The molecule has 1 atom stereocenters. The van der Waals surface area contributed by atoms with Crippen LogP contribution in [-0.2, 0) is 6.54 Å². The Bertz CT molecular complexity index is 1230. The van der Waals surface area contributed by atoms with Gasteiger partial charge in [0.1, 0.15) is 23.5 Å². The Balaban J connectivity index is 0.00000210. The lowest BCUT2D eigenvalue weighted by atomic mass is 10.0. The minimum absolute atomic E-state index is 0.0125. The van der Waals surface area contributed by atoms with E-state index in [1.54, 1.807) is 45.0 Å². The van der Waals surface area contributed by atoms with Crippen LogP contribution in [0.2, 0.25) is 0 Å². The molecule has 0 aliphatic heterocycles. The number of carboxylic acids is 1. The van der Waals surface area contributed by atoms with Gasteiger partial charge < -0.3 is 15.7 Å². The Labute approximate surface area is 203 Å². The summed E-state index contributed by atoms with van der Waals surface area (Å²) >= 11 is 0. The Kier molecular flexibility index (Phi) is 9.57. The van der Waals surface area contributed by atoms with E-state index in [1.165, 1.54) is 18.2 Å². The second kappa shape index (κ2) is 12.4. The molecule has 1 heterocycles. The summed E-state index contributed by atoms with van der Waals surface area (Å²) in [5.74, 6) is -2.34. The summed E-state index contributed by atoms with van der Waals surface area (Å²) in [6.07, 6.45) is 1.13. The number of hydrogen-bond acceptors (Lipinski definition) is 5. The minimum Gasteiger partial charge on any atom is -0.478 e. The molecule has 0 radical (unpaired) electrons. The Morgan fingerprint density at radius 3 is 2.20 bits per heavy atom. The van der Waals surface area contributed by atoms with Crippen LogP contribution in [0.4, 0.5) is 4.39 Å². The van der Waals surface area contributed by atoms with Crippen molar-refractivity contribution in [3.05, 3.63) is 93.8 Å². The minimum atomic E-state index is -1.02. The van der Waals surface area contributed by atoms with Crippen LogP contribution in [-0.4, -0.2) is 32.9 Å². The largest absolute Gasteiger partial charge is 0.478 e. The molecule has 0 saturated heterocycles. The van der Waals surface area contributed by atoms with Crippen LogP contribution in [0.3, 0.4) is 0 Å². The smallest absolute Gasteiger partial charge is 0.335 e. The lowest BCUT2D eigenvalue weighted by Gasteiger charge is -2.15. The zero-order valence-corrected chi connectivity index (χ0v) is 20.3. The van der Waals surface area contributed by atoms with E-state index in [9.17, 15) is 18.8 Å². The molecule has 2 aromatic carbocycles. The molecular weight excluding hydrogens is 451 g/mol. The molecule has 0 aliphatic carbocycles. The van der Waals surface area contributed by atoms with Gasteiger partial charge >= 0.3 is 5.97 Å². The molecular formula is C26H29FN4O4. The summed E-state index contributed by atoms with van der Waals surface area (Å²) < 4.78 is 13.4. The number of amides is 2. The average Bonchev–Trinajstić information content (AvgIpc) is 2.85. The highest BCUT2D eigenvalue weighted by Gasteiger charge is 2.17. The molecule has 3 N–H and O–H groups in total. The monoisotopic (exact) mass is 480 g/mol. The lowest BCUT2D eigenvalue weighted by molar-refractivity contribution is 0.0695. The van der Waals surface area contributed by atoms with E-state index < -0.39 is 23.8 Å². The molecule has 0 aliphatic rings. The van der Waals surface area contributed by atoms with E-state index >= 15 is 0 Å². The molecule has 0 saturated carbocycles. The first-order chi connectivity index (χ1) is 16.7. The fourth-order valence-electron chi connectivity index (χ4n) is 3.25. The highest BCUT2D eigenvalue weighted by Crippen LogP contribution is 2.18. The second-order valence-corrected chi connectivity index (χ2v) is 7.63. The number of aromatic nitrogens is 2. The quantitative estimate of drug-likeness (QED) is 0.462. The lowest BCUT2D eigenvalue weighted by Crippen LogP contribution is -2.29. The summed E-state index contributed by atoms with van der Waals surface area (Å²) in [6, 6.07) is 10.2. The van der Waals surface area contributed by atoms with Gasteiger partial charge in [-0.1, -0.05) is 38.1 Å². The first-order valence-corrected chi connectivity index (χ1v) is 11.2. The number of aryl methyl sites for hydroxylation is 2. The molecule has 0 spiro atoms. The van der Waals surface area contributed by atoms with Crippen molar-refractivity contribution in [3.63, 3.8) is 0 Å². The van der Waals surface area contributed by atoms with E-state index in [0.29, 0.717) is 11.1 Å². The molecule has 8 nitrogen and oxygen atoms in total. The van der Waals surface area contributed by atoms with E-state index in [-0.39, 0.29) is 29.3 Å². The van der Waals surface area contributed by atoms with Crippen molar-refractivity contribution in [2.75, 3.05) is 0 Å². The average molecular weight is 481 g/mol. The molecule has 184 valence electrons. The third-order valence-electron chi connectivity index (χ3n) is 5.14. The number of rotatable bonds is 7. The van der Waals surface area contributed by atoms with Gasteiger partial charge in [0, 0.05) is 12.6 Å². The van der Waals surface area contributed by atoms with Gasteiger partial charge in [-0.2, -0.15) is 0 Å². The fraction of sp³-hybridized carbons (Fsp3) is 0.269. The summed E-state index contributed by atoms with van der Waals surface area (Å²) in [5.41, 5.74) is 2.74. The summed E-state index contributed by atoms with van der Waals surface area (Å²) in [5, 5.41) is 14.6. The van der Waals surface area contributed by atoms with Crippen molar-refractivity contribution < 1.29 is 23.9 Å². The van der Waals surface area contributed by atoms with Gasteiger partial charge in [0.15, 0.2) is 0 Å². The predicted octanol–water partition coefficient (Wildman–Crippen LogP) is 4.38. The number of carbonyl (C=O) groups excluding carboxylic acids is 2. The molecule has 2 amide bonds. The molecule has 0 fully saturated rings. The number of halogens is 1. The number of carbonyl (C=O) groups is 3. The standard InChI is InChI=1S/C24H23FN4O4.C2H6/c1-13-9-17(5-6-18(13)24(32)33)15(3)29-23(31)21-10-20(27-12-28-21)22(30)26-11-16-4-7-19(25)14(2)8-16;1-2/h4-10,12,15H,11H2,1-3H3,(H,26,30)(H,29,31)(H,32,33);1-2H3. The maximum atomic E-state index is 13.4. The van der Waals surface area contributed by atoms with Gasteiger partial charge in [0.25, 0.3) is 11.8 Å². The number of nitrogens with zero attached hydrogens (tertiary/aromatic N) is 2. The van der Waals surface area contributed by atoms with Gasteiger partial charge in [0.2, 0.25) is 0 Å². The summed E-state index contributed by atoms with van der Waals surface area (Å²) in [4.78, 5) is 44.1. The van der Waals surface area contributed by atoms with Crippen LogP contribution in [0.5, 0.6) is 0 Å². The normalized spacial score (nSPS) is 11.0. The number of benzene rings is 2. The Morgan fingerprint density at radius 2 is 1.60 bits per heavy atom. The van der Waals surface area contributed by atoms with Gasteiger partial charge in [0.05, 0.1) is 11.6 Å². The number of carboxylic acid groups (broad SMARTS) is 1. The molecule has 1 aromatic heterocycles. The second-order valence-electron chi connectivity index (χ2n) is 7.63. The number of aromatic carboxylic acids is 1. The van der Waals surface area contributed by atoms with Crippen molar-refractivity contribution in [3.8, 4) is 0 Å². The zero-order chi connectivity index (χ0) is 26.1. The zero-order valence-electron chi connectivity index (χ0n) is 20.3. The number of nitrogens with one attached hydrogen (secondary N) is 2. The highest BCUT2D eigenvalue weighted by molar-refractivity contribution is 5.97. The van der Waals surface area contributed by atoms with Crippen molar-refractivity contribution in [1.82, 2.24) is 20.6 Å². The van der Waals surface area contributed by atoms with Crippen molar-refractivity contribution in [2.45, 2.75) is 47.2 Å². The third kappa shape index (κ3) is 7.17. The number of hydrogen-bond donors (Lipinski definition) is 3. The summed E-state index contributed by atoms with van der Waals surface area (Å²) in [6.45, 7) is 9.25. The van der Waals surface area contributed by atoms with Crippen LogP contribution < -0.4 is 10.6 Å². The maximum absolute atomic E-state index is 13.4. The molecule has 1 unspecified atom stereocenters. The van der Waals surface area contributed by atoms with Crippen LogP contribution in [0.1, 0.15) is 80.4 Å². The van der Waals surface area contributed by atoms with Crippen LogP contribution in [0.25, 0.3) is 0 Å². The molecule has 0 bridgehead atoms. The predicted molar refractivity (Wildman–Crippen MR) is 130 cm³/mol. The maximum Gasteiger partial charge on any atom is 0.335 e. The van der Waals surface area contributed by atoms with Crippen LogP contribution >= 0.6 is 0 Å². The van der Waals surface area contributed by atoms with Crippen LogP contribution in [0, 0.1) is 19.7 Å². The molecule has 3 aromatic rings. The Morgan fingerprint density at radius 1 is 0.943 bits per heavy atom. The Hall–Kier alpha value is -4.14. The van der Waals surface area contributed by atoms with Crippen molar-refractivity contribution in [1.29, 1.82) is 0 Å². The highest BCUT2D eigenvalue weighted by atomic mass is 19.1. The topological polar surface area (TPSA) is 121 Å². The summed E-state index contributed by atoms with van der Waals surface area (Å²) in [7, 11) is 0.